The van der Waals surface area contributed by atoms with Crippen molar-refractivity contribution in [1.29, 1.82) is 0 Å². The van der Waals surface area contributed by atoms with Gasteiger partial charge in [-0.3, -0.25) is 4.79 Å². The Morgan fingerprint density at radius 3 is 2.90 bits per heavy atom. The Bertz CT molecular complexity index is 232. The van der Waals surface area contributed by atoms with Gasteiger partial charge in [-0.05, 0) is 18.4 Å². The van der Waals surface area contributed by atoms with Gasteiger partial charge in [0.15, 0.2) is 0 Å². The molecule has 0 bridgehead atoms. The van der Waals surface area contributed by atoms with E-state index in [4.69, 9.17) is 0 Å². The lowest BCUT2D eigenvalue weighted by Gasteiger charge is -2.17. The first kappa shape index (κ1) is 5.53. The normalized spacial score (nSPS) is 35.0. The Kier molecular flexibility index (Phi) is 0.897. The fraction of sp³-hybridized carbons (Fsp3) is 0.286. The van der Waals surface area contributed by atoms with E-state index in [9.17, 15) is 4.79 Å². The molecule has 0 aliphatic carbocycles. The number of nitrogens with one attached hydrogen (secondary N) is 2. The third-order valence-electron chi connectivity index (χ3n) is 1.78. The van der Waals surface area contributed by atoms with Crippen LogP contribution in [0.1, 0.15) is 0 Å². The highest BCUT2D eigenvalue weighted by Crippen LogP contribution is 2.16. The summed E-state index contributed by atoms with van der Waals surface area (Å²) in [5.41, 5.74) is -0.211. The molecule has 0 aromatic rings. The third kappa shape index (κ3) is 0.635. The van der Waals surface area contributed by atoms with Crippen LogP contribution < -0.4 is 10.6 Å². The minimum atomic E-state index is -0.211. The van der Waals surface area contributed by atoms with Crippen molar-refractivity contribution in [3.8, 4) is 0 Å². The molecule has 3 nitrogen and oxygen atoms in total. The molecule has 1 unspecified atom stereocenters. The number of hydrogen-bond acceptors (Lipinski definition) is 2. The van der Waals surface area contributed by atoms with E-state index in [0.29, 0.717) is 0 Å². The Morgan fingerprint density at radius 2 is 2.40 bits per heavy atom. The maximum Gasteiger partial charge on any atom is 0.244 e. The summed E-state index contributed by atoms with van der Waals surface area (Å²) >= 11 is 0. The first-order chi connectivity index (χ1) is 4.81. The predicted molar refractivity (Wildman–Crippen MR) is 37.2 cm³/mol. The van der Waals surface area contributed by atoms with Gasteiger partial charge in [-0.15, -0.1) is 0 Å². The van der Waals surface area contributed by atoms with Crippen LogP contribution in [0.4, 0.5) is 0 Å². The van der Waals surface area contributed by atoms with E-state index in [-0.39, 0.29) is 11.4 Å². The second kappa shape index (κ2) is 1.62. The molecule has 0 aromatic carbocycles. The molecule has 10 heavy (non-hydrogen) atoms. The maximum atomic E-state index is 10.7. The highest BCUT2D eigenvalue weighted by atomic mass is 16.1. The van der Waals surface area contributed by atoms with Gasteiger partial charge in [0.25, 0.3) is 0 Å². The molecule has 2 rings (SSSR count). The fourth-order valence-corrected chi connectivity index (χ4v) is 1.23. The van der Waals surface area contributed by atoms with Crippen molar-refractivity contribution >= 4 is 5.91 Å². The van der Waals surface area contributed by atoms with Crippen LogP contribution in [0.3, 0.4) is 0 Å². The molecular weight excluding hydrogens is 128 g/mol. The summed E-state index contributed by atoms with van der Waals surface area (Å²) in [7, 11) is 0. The molecule has 2 heterocycles. The molecule has 2 aliphatic rings. The first-order valence-electron chi connectivity index (χ1n) is 3.23. The second-order valence-corrected chi connectivity index (χ2v) is 2.58. The summed E-state index contributed by atoms with van der Waals surface area (Å²) in [4.78, 5) is 10.7. The quantitative estimate of drug-likeness (QED) is 0.472. The molecule has 0 radical (unpaired) electrons. The molecule has 0 saturated carbocycles. The van der Waals surface area contributed by atoms with Crippen LogP contribution in [0.25, 0.3) is 0 Å². The standard InChI is InChI=1S/C7H8N2O/c10-6-1-2-7(9-6)3-4-8-5-7/h1-4,8H,5H2,(H,9,10). The molecule has 52 valence electrons. The average Bonchev–Trinajstić information content (AvgIpc) is 2.46. The van der Waals surface area contributed by atoms with Gasteiger partial charge >= 0.3 is 0 Å². The molecule has 1 amide bonds. The van der Waals surface area contributed by atoms with Crippen molar-refractivity contribution in [3.05, 3.63) is 24.4 Å². The van der Waals surface area contributed by atoms with Gasteiger partial charge in [0.05, 0.1) is 5.54 Å². The number of carbonyl (C=O) groups excluding carboxylic acids is 1. The Labute approximate surface area is 58.8 Å². The van der Waals surface area contributed by atoms with Crippen LogP contribution in [0.2, 0.25) is 0 Å². The lowest BCUT2D eigenvalue weighted by Crippen LogP contribution is -2.43. The minimum absolute atomic E-state index is 0.00616. The SMILES string of the molecule is O=C1C=CC2(C=CNC2)N1. The van der Waals surface area contributed by atoms with Crippen LogP contribution >= 0.6 is 0 Å². The monoisotopic (exact) mass is 136 g/mol. The smallest absolute Gasteiger partial charge is 0.244 e. The Morgan fingerprint density at radius 1 is 1.50 bits per heavy atom. The topological polar surface area (TPSA) is 41.1 Å². The average molecular weight is 136 g/mol. The Balaban J connectivity index is 2.26. The highest BCUT2D eigenvalue weighted by Gasteiger charge is 2.31. The fourth-order valence-electron chi connectivity index (χ4n) is 1.23. The highest BCUT2D eigenvalue weighted by molar-refractivity contribution is 5.92. The first-order valence-corrected chi connectivity index (χ1v) is 3.23. The van der Waals surface area contributed by atoms with Crippen molar-refractivity contribution in [2.24, 2.45) is 0 Å². The van der Waals surface area contributed by atoms with E-state index < -0.39 is 0 Å². The molecule has 2 aliphatic heterocycles. The summed E-state index contributed by atoms with van der Waals surface area (Å²) in [5.74, 6) is -0.00616. The van der Waals surface area contributed by atoms with Crippen LogP contribution in [-0.2, 0) is 4.79 Å². The Hall–Kier alpha value is -1.25. The molecule has 0 saturated heterocycles. The zero-order valence-corrected chi connectivity index (χ0v) is 5.42. The van der Waals surface area contributed by atoms with Gasteiger partial charge < -0.3 is 10.6 Å². The second-order valence-electron chi connectivity index (χ2n) is 2.58. The molecule has 0 aromatic heterocycles. The number of hydrogen-bond donors (Lipinski definition) is 2. The van der Waals surface area contributed by atoms with E-state index in [1.54, 1.807) is 6.08 Å². The number of amides is 1. The van der Waals surface area contributed by atoms with Crippen molar-refractivity contribution in [1.82, 2.24) is 10.6 Å². The zero-order chi connectivity index (χ0) is 7.03. The van der Waals surface area contributed by atoms with Crippen molar-refractivity contribution < 1.29 is 4.79 Å². The van der Waals surface area contributed by atoms with Gasteiger partial charge in [-0.1, -0.05) is 0 Å². The van der Waals surface area contributed by atoms with Crippen LogP contribution in [0, 0.1) is 0 Å². The van der Waals surface area contributed by atoms with E-state index in [0.717, 1.165) is 6.54 Å². The third-order valence-corrected chi connectivity index (χ3v) is 1.78. The van der Waals surface area contributed by atoms with Gasteiger partial charge in [0.1, 0.15) is 0 Å². The van der Waals surface area contributed by atoms with Crippen molar-refractivity contribution in [2.45, 2.75) is 5.54 Å². The lowest BCUT2D eigenvalue weighted by atomic mass is 10.0. The molecular formula is C7H8N2O. The van der Waals surface area contributed by atoms with Gasteiger partial charge in [0.2, 0.25) is 5.91 Å². The summed E-state index contributed by atoms with van der Waals surface area (Å²) in [6.07, 6.45) is 7.26. The summed E-state index contributed by atoms with van der Waals surface area (Å²) in [6, 6.07) is 0. The van der Waals surface area contributed by atoms with Gasteiger partial charge in [-0.25, -0.2) is 0 Å². The van der Waals surface area contributed by atoms with E-state index in [1.807, 2.05) is 18.4 Å². The summed E-state index contributed by atoms with van der Waals surface area (Å²) < 4.78 is 0. The maximum absolute atomic E-state index is 10.7. The molecule has 3 heteroatoms. The van der Waals surface area contributed by atoms with Crippen molar-refractivity contribution in [2.75, 3.05) is 6.54 Å². The predicted octanol–water partition coefficient (Wildman–Crippen LogP) is -0.472. The number of rotatable bonds is 0. The summed E-state index contributed by atoms with van der Waals surface area (Å²) in [6.45, 7) is 0.773. The van der Waals surface area contributed by atoms with Gasteiger partial charge in [-0.2, -0.15) is 0 Å². The number of carbonyl (C=O) groups is 1. The van der Waals surface area contributed by atoms with Crippen LogP contribution in [0.15, 0.2) is 24.4 Å². The summed E-state index contributed by atoms with van der Waals surface area (Å²) in [5, 5.41) is 5.86. The molecule has 2 N–H and O–H groups in total. The van der Waals surface area contributed by atoms with E-state index in [2.05, 4.69) is 10.6 Å². The largest absolute Gasteiger partial charge is 0.388 e. The molecule has 1 spiro atoms. The van der Waals surface area contributed by atoms with Crippen LogP contribution in [0.5, 0.6) is 0 Å². The molecule has 1 atom stereocenters. The van der Waals surface area contributed by atoms with Gasteiger partial charge in [0, 0.05) is 12.6 Å². The zero-order valence-electron chi connectivity index (χ0n) is 5.42. The molecule has 0 fully saturated rings. The van der Waals surface area contributed by atoms with Crippen LogP contribution in [-0.4, -0.2) is 18.0 Å². The van der Waals surface area contributed by atoms with Crippen molar-refractivity contribution in [3.63, 3.8) is 0 Å². The van der Waals surface area contributed by atoms with E-state index >= 15 is 0 Å². The van der Waals surface area contributed by atoms with E-state index in [1.165, 1.54) is 0 Å². The minimum Gasteiger partial charge on any atom is -0.388 e. The lowest BCUT2D eigenvalue weighted by molar-refractivity contribution is -0.116.